The van der Waals surface area contributed by atoms with Crippen molar-refractivity contribution in [3.05, 3.63) is 28.2 Å². The summed E-state index contributed by atoms with van der Waals surface area (Å²) < 4.78 is 16.2. The maximum absolute atomic E-state index is 11.7. The lowest BCUT2D eigenvalue weighted by molar-refractivity contribution is 0.192. The summed E-state index contributed by atoms with van der Waals surface area (Å²) >= 11 is 11.3. The molecule has 0 fully saturated rings. The molecule has 0 aliphatic rings. The molecule has 0 bridgehead atoms. The lowest BCUT2D eigenvalue weighted by atomic mass is 10.3. The van der Waals surface area contributed by atoms with Crippen LogP contribution in [0.4, 0.5) is 4.39 Å². The maximum Gasteiger partial charge on any atom is 0.228 e. The zero-order valence-corrected chi connectivity index (χ0v) is 6.99. The Hall–Kier alpha value is -0.470. The molecule has 0 spiro atoms. The minimum absolute atomic E-state index is 0.242. The number of halogens is 3. The van der Waals surface area contributed by atoms with E-state index in [0.717, 1.165) is 0 Å². The van der Waals surface area contributed by atoms with Gasteiger partial charge in [0.2, 0.25) is 6.86 Å². The largest absolute Gasteiger partial charge is 0.461 e. The molecule has 0 unspecified atom stereocenters. The monoisotopic (exact) mass is 194 g/mol. The average Bonchev–Trinajstić information content (AvgIpc) is 1.99. The SMILES string of the molecule is FCOc1cccc(Cl)c1Cl. The van der Waals surface area contributed by atoms with Gasteiger partial charge in [0.05, 0.1) is 5.02 Å². The third-order valence-electron chi connectivity index (χ3n) is 1.13. The summed E-state index contributed by atoms with van der Waals surface area (Å²) in [7, 11) is 0. The predicted octanol–water partition coefficient (Wildman–Crippen LogP) is 3.30. The first-order valence-electron chi connectivity index (χ1n) is 2.88. The third-order valence-corrected chi connectivity index (χ3v) is 1.93. The summed E-state index contributed by atoms with van der Waals surface area (Å²) in [4.78, 5) is 0. The fourth-order valence-electron chi connectivity index (χ4n) is 0.654. The zero-order chi connectivity index (χ0) is 8.27. The number of hydrogen-bond donors (Lipinski definition) is 0. The standard InChI is InChI=1S/C7H5Cl2FO/c8-5-2-1-3-6(7(5)9)11-4-10/h1-3H,4H2. The minimum atomic E-state index is -0.903. The lowest BCUT2D eigenvalue weighted by Gasteiger charge is -2.03. The Labute approximate surface area is 73.7 Å². The second-order valence-electron chi connectivity index (χ2n) is 1.81. The number of alkyl halides is 1. The van der Waals surface area contributed by atoms with E-state index in [-0.39, 0.29) is 10.8 Å². The van der Waals surface area contributed by atoms with Crippen LogP contribution < -0.4 is 4.74 Å². The van der Waals surface area contributed by atoms with E-state index in [9.17, 15) is 4.39 Å². The van der Waals surface area contributed by atoms with Crippen LogP contribution in [0.1, 0.15) is 0 Å². The Bertz CT molecular complexity index is 252. The molecule has 0 saturated carbocycles. The molecule has 0 aliphatic carbocycles. The van der Waals surface area contributed by atoms with E-state index in [1.54, 1.807) is 18.2 Å². The predicted molar refractivity (Wildman–Crippen MR) is 43.1 cm³/mol. The van der Waals surface area contributed by atoms with Crippen molar-refractivity contribution in [1.29, 1.82) is 0 Å². The summed E-state index contributed by atoms with van der Waals surface area (Å²) in [5.41, 5.74) is 0. The molecule has 0 amide bonds. The van der Waals surface area contributed by atoms with E-state index in [1.165, 1.54) is 0 Å². The summed E-state index contributed by atoms with van der Waals surface area (Å²) in [5.74, 6) is 0.265. The molecule has 1 aromatic carbocycles. The van der Waals surface area contributed by atoms with Crippen LogP contribution in [0.15, 0.2) is 18.2 Å². The van der Waals surface area contributed by atoms with Crippen molar-refractivity contribution < 1.29 is 9.13 Å². The van der Waals surface area contributed by atoms with Crippen molar-refractivity contribution >= 4 is 23.2 Å². The minimum Gasteiger partial charge on any atom is -0.461 e. The van der Waals surface area contributed by atoms with Crippen molar-refractivity contribution in [3.63, 3.8) is 0 Å². The van der Waals surface area contributed by atoms with E-state index in [1.807, 2.05) is 0 Å². The van der Waals surface area contributed by atoms with Gasteiger partial charge in [0.1, 0.15) is 10.8 Å². The second kappa shape index (κ2) is 3.79. The van der Waals surface area contributed by atoms with Crippen molar-refractivity contribution in [1.82, 2.24) is 0 Å². The molecule has 0 radical (unpaired) electrons. The molecule has 1 aromatic rings. The summed E-state index contributed by atoms with van der Waals surface area (Å²) in [6.07, 6.45) is 0. The fraction of sp³-hybridized carbons (Fsp3) is 0.143. The van der Waals surface area contributed by atoms with Gasteiger partial charge in [0, 0.05) is 0 Å². The first kappa shape index (κ1) is 8.62. The van der Waals surface area contributed by atoms with Gasteiger partial charge in [-0.3, -0.25) is 0 Å². The van der Waals surface area contributed by atoms with Crippen LogP contribution in [0.5, 0.6) is 5.75 Å². The number of hydrogen-bond acceptors (Lipinski definition) is 1. The first-order valence-corrected chi connectivity index (χ1v) is 3.64. The topological polar surface area (TPSA) is 9.23 Å². The number of rotatable bonds is 2. The van der Waals surface area contributed by atoms with Gasteiger partial charge < -0.3 is 4.74 Å². The fourth-order valence-corrected chi connectivity index (χ4v) is 1.00. The average molecular weight is 195 g/mol. The first-order chi connectivity index (χ1) is 5.25. The van der Waals surface area contributed by atoms with Crippen molar-refractivity contribution in [2.45, 2.75) is 0 Å². The number of ether oxygens (including phenoxy) is 1. The summed E-state index contributed by atoms with van der Waals surface area (Å²) in [5, 5.41) is 0.601. The third kappa shape index (κ3) is 1.98. The molecular formula is C7H5Cl2FO. The molecule has 0 N–H and O–H groups in total. The van der Waals surface area contributed by atoms with E-state index in [2.05, 4.69) is 4.74 Å². The van der Waals surface area contributed by atoms with Crippen LogP contribution in [0.2, 0.25) is 10.0 Å². The van der Waals surface area contributed by atoms with Crippen LogP contribution in [-0.2, 0) is 0 Å². The summed E-state index contributed by atoms with van der Waals surface area (Å²) in [6, 6.07) is 4.79. The van der Waals surface area contributed by atoms with Crippen molar-refractivity contribution in [3.8, 4) is 5.75 Å². The van der Waals surface area contributed by atoms with Gasteiger partial charge in [-0.25, -0.2) is 4.39 Å². The molecule has 0 atom stereocenters. The molecular weight excluding hydrogens is 190 g/mol. The molecule has 11 heavy (non-hydrogen) atoms. The smallest absolute Gasteiger partial charge is 0.228 e. The molecule has 1 nitrogen and oxygen atoms in total. The Kier molecular flexibility index (Phi) is 2.97. The van der Waals surface area contributed by atoms with Gasteiger partial charge in [-0.2, -0.15) is 0 Å². The molecule has 4 heteroatoms. The van der Waals surface area contributed by atoms with E-state index >= 15 is 0 Å². The number of benzene rings is 1. The molecule has 60 valence electrons. The highest BCUT2D eigenvalue weighted by Crippen LogP contribution is 2.31. The Balaban J connectivity index is 2.96. The van der Waals surface area contributed by atoms with Gasteiger partial charge in [-0.1, -0.05) is 29.3 Å². The lowest BCUT2D eigenvalue weighted by Crippen LogP contribution is -1.90. The second-order valence-corrected chi connectivity index (χ2v) is 2.59. The van der Waals surface area contributed by atoms with Gasteiger partial charge in [-0.05, 0) is 12.1 Å². The van der Waals surface area contributed by atoms with Crippen LogP contribution in [0, 0.1) is 0 Å². The Morgan fingerprint density at radius 3 is 2.73 bits per heavy atom. The van der Waals surface area contributed by atoms with Crippen molar-refractivity contribution in [2.75, 3.05) is 6.86 Å². The molecule has 0 heterocycles. The van der Waals surface area contributed by atoms with E-state index in [0.29, 0.717) is 5.02 Å². The Morgan fingerprint density at radius 2 is 2.09 bits per heavy atom. The molecule has 1 rings (SSSR count). The van der Waals surface area contributed by atoms with Gasteiger partial charge in [-0.15, -0.1) is 0 Å². The van der Waals surface area contributed by atoms with Crippen LogP contribution in [0.25, 0.3) is 0 Å². The highest BCUT2D eigenvalue weighted by Gasteiger charge is 2.03. The Morgan fingerprint density at radius 1 is 1.36 bits per heavy atom. The highest BCUT2D eigenvalue weighted by atomic mass is 35.5. The molecule has 0 saturated heterocycles. The van der Waals surface area contributed by atoms with Gasteiger partial charge in [0.25, 0.3) is 0 Å². The van der Waals surface area contributed by atoms with Gasteiger partial charge in [0.15, 0.2) is 0 Å². The quantitative estimate of drug-likeness (QED) is 0.703. The molecule has 0 aromatic heterocycles. The molecule has 0 aliphatic heterocycles. The van der Waals surface area contributed by atoms with E-state index in [4.69, 9.17) is 23.2 Å². The summed E-state index contributed by atoms with van der Waals surface area (Å²) in [6.45, 7) is -0.903. The van der Waals surface area contributed by atoms with Crippen LogP contribution in [0.3, 0.4) is 0 Å². The van der Waals surface area contributed by atoms with E-state index < -0.39 is 6.86 Å². The zero-order valence-electron chi connectivity index (χ0n) is 5.48. The highest BCUT2D eigenvalue weighted by molar-refractivity contribution is 6.42. The normalized spacial score (nSPS) is 9.73. The van der Waals surface area contributed by atoms with Crippen LogP contribution >= 0.6 is 23.2 Å². The van der Waals surface area contributed by atoms with Crippen molar-refractivity contribution in [2.24, 2.45) is 0 Å². The van der Waals surface area contributed by atoms with Gasteiger partial charge >= 0.3 is 0 Å². The maximum atomic E-state index is 11.7. The van der Waals surface area contributed by atoms with Crippen LogP contribution in [-0.4, -0.2) is 6.86 Å².